The number of rotatable bonds is 5. The third-order valence-corrected chi connectivity index (χ3v) is 4.79. The SMILES string of the molecule is Fc1cccc(CSCc2csc(-c3ccccn3)n2)c1. The minimum absolute atomic E-state index is 0.181. The first-order chi connectivity index (χ1) is 10.3. The predicted octanol–water partition coefficient (Wildman–Crippen LogP) is 4.78. The Morgan fingerprint density at radius 1 is 1.10 bits per heavy atom. The number of benzene rings is 1. The summed E-state index contributed by atoms with van der Waals surface area (Å²) in [4.78, 5) is 8.89. The number of thiazole rings is 1. The van der Waals surface area contributed by atoms with E-state index in [-0.39, 0.29) is 5.82 Å². The van der Waals surface area contributed by atoms with Gasteiger partial charge in [-0.2, -0.15) is 11.8 Å². The van der Waals surface area contributed by atoms with Crippen molar-refractivity contribution in [1.82, 2.24) is 9.97 Å². The molecule has 0 fully saturated rings. The van der Waals surface area contributed by atoms with Crippen molar-refractivity contribution in [3.63, 3.8) is 0 Å². The number of halogens is 1. The second kappa shape index (κ2) is 6.83. The zero-order valence-electron chi connectivity index (χ0n) is 11.2. The van der Waals surface area contributed by atoms with Gasteiger partial charge in [-0.15, -0.1) is 11.3 Å². The summed E-state index contributed by atoms with van der Waals surface area (Å²) >= 11 is 3.34. The van der Waals surface area contributed by atoms with E-state index < -0.39 is 0 Å². The van der Waals surface area contributed by atoms with Crippen LogP contribution in [0.1, 0.15) is 11.3 Å². The first kappa shape index (κ1) is 14.2. The molecule has 3 rings (SSSR count). The Morgan fingerprint density at radius 2 is 2.05 bits per heavy atom. The molecule has 0 atom stereocenters. The molecule has 1 aromatic carbocycles. The highest BCUT2D eigenvalue weighted by Crippen LogP contribution is 2.24. The van der Waals surface area contributed by atoms with Crippen molar-refractivity contribution in [2.45, 2.75) is 11.5 Å². The molecule has 0 amide bonds. The van der Waals surface area contributed by atoms with Gasteiger partial charge in [0, 0.05) is 23.1 Å². The van der Waals surface area contributed by atoms with Crippen molar-refractivity contribution in [3.05, 3.63) is 71.1 Å². The fourth-order valence-electron chi connectivity index (χ4n) is 1.88. The molecule has 5 heteroatoms. The maximum absolute atomic E-state index is 13.1. The topological polar surface area (TPSA) is 25.8 Å². The van der Waals surface area contributed by atoms with Gasteiger partial charge in [-0.1, -0.05) is 18.2 Å². The fraction of sp³-hybridized carbons (Fsp3) is 0.125. The average molecular weight is 316 g/mol. The molecule has 3 aromatic rings. The van der Waals surface area contributed by atoms with E-state index in [2.05, 4.69) is 15.3 Å². The summed E-state index contributed by atoms with van der Waals surface area (Å²) in [6, 6.07) is 12.5. The van der Waals surface area contributed by atoms with Gasteiger partial charge in [0.1, 0.15) is 10.8 Å². The summed E-state index contributed by atoms with van der Waals surface area (Å²) in [6.07, 6.45) is 1.77. The number of aromatic nitrogens is 2. The van der Waals surface area contributed by atoms with E-state index in [4.69, 9.17) is 0 Å². The van der Waals surface area contributed by atoms with Crippen LogP contribution in [0.3, 0.4) is 0 Å². The molecule has 106 valence electrons. The summed E-state index contributed by atoms with van der Waals surface area (Å²) < 4.78 is 13.1. The summed E-state index contributed by atoms with van der Waals surface area (Å²) in [5.74, 6) is 1.42. The van der Waals surface area contributed by atoms with Gasteiger partial charge in [-0.25, -0.2) is 9.37 Å². The van der Waals surface area contributed by atoms with Crippen LogP contribution in [0.15, 0.2) is 54.0 Å². The number of hydrogen-bond donors (Lipinski definition) is 0. The summed E-state index contributed by atoms with van der Waals surface area (Å²) in [5.41, 5.74) is 2.95. The van der Waals surface area contributed by atoms with Crippen LogP contribution in [0.25, 0.3) is 10.7 Å². The largest absolute Gasteiger partial charge is 0.254 e. The van der Waals surface area contributed by atoms with Gasteiger partial charge in [0.05, 0.1) is 11.4 Å². The molecule has 0 radical (unpaired) electrons. The van der Waals surface area contributed by atoms with Crippen molar-refractivity contribution < 1.29 is 4.39 Å². The quantitative estimate of drug-likeness (QED) is 0.677. The molecule has 0 saturated heterocycles. The van der Waals surface area contributed by atoms with Crippen LogP contribution < -0.4 is 0 Å². The Bertz CT molecular complexity index is 713. The number of hydrogen-bond acceptors (Lipinski definition) is 4. The van der Waals surface area contributed by atoms with Crippen molar-refractivity contribution in [1.29, 1.82) is 0 Å². The lowest BCUT2D eigenvalue weighted by Crippen LogP contribution is -1.86. The molecule has 0 aliphatic heterocycles. The molecule has 0 aliphatic rings. The van der Waals surface area contributed by atoms with E-state index in [0.29, 0.717) is 0 Å². The van der Waals surface area contributed by atoms with Crippen LogP contribution in [-0.2, 0) is 11.5 Å². The molecule has 2 heterocycles. The lowest BCUT2D eigenvalue weighted by atomic mass is 10.2. The van der Waals surface area contributed by atoms with Gasteiger partial charge in [0.15, 0.2) is 0 Å². The minimum Gasteiger partial charge on any atom is -0.254 e. The second-order valence-corrected chi connectivity index (χ2v) is 6.33. The maximum Gasteiger partial charge on any atom is 0.142 e. The van der Waals surface area contributed by atoms with Gasteiger partial charge < -0.3 is 0 Å². The van der Waals surface area contributed by atoms with Crippen molar-refractivity contribution in [3.8, 4) is 10.7 Å². The smallest absolute Gasteiger partial charge is 0.142 e. The van der Waals surface area contributed by atoms with Gasteiger partial charge >= 0.3 is 0 Å². The number of pyridine rings is 1. The van der Waals surface area contributed by atoms with E-state index in [0.717, 1.165) is 33.5 Å². The molecule has 2 nitrogen and oxygen atoms in total. The summed E-state index contributed by atoms with van der Waals surface area (Å²) in [5, 5.41) is 3.00. The highest BCUT2D eigenvalue weighted by atomic mass is 32.2. The van der Waals surface area contributed by atoms with Gasteiger partial charge in [0.2, 0.25) is 0 Å². The van der Waals surface area contributed by atoms with Crippen LogP contribution in [0, 0.1) is 5.82 Å². The van der Waals surface area contributed by atoms with Crippen LogP contribution in [0.4, 0.5) is 4.39 Å². The van der Waals surface area contributed by atoms with E-state index in [1.54, 1.807) is 41.4 Å². The average Bonchev–Trinajstić information content (AvgIpc) is 2.97. The molecule has 0 saturated carbocycles. The third-order valence-electron chi connectivity index (χ3n) is 2.84. The Kier molecular flexibility index (Phi) is 4.62. The maximum atomic E-state index is 13.1. The standard InChI is InChI=1S/C16H13FN2S2/c17-13-5-3-4-12(8-13)9-20-10-14-11-21-16(19-14)15-6-1-2-7-18-15/h1-8,11H,9-10H2. The van der Waals surface area contributed by atoms with Gasteiger partial charge in [0.25, 0.3) is 0 Å². The highest BCUT2D eigenvalue weighted by Gasteiger charge is 2.05. The fourth-order valence-corrected chi connectivity index (χ4v) is 3.66. The molecule has 2 aromatic heterocycles. The van der Waals surface area contributed by atoms with E-state index in [1.165, 1.54) is 6.07 Å². The number of nitrogens with zero attached hydrogens (tertiary/aromatic N) is 2. The normalized spacial score (nSPS) is 10.7. The Labute approximate surface area is 131 Å². The van der Waals surface area contributed by atoms with Gasteiger partial charge in [-0.3, -0.25) is 4.98 Å². The van der Waals surface area contributed by atoms with Crippen molar-refractivity contribution in [2.75, 3.05) is 0 Å². The van der Waals surface area contributed by atoms with Crippen LogP contribution in [0.2, 0.25) is 0 Å². The Hall–Kier alpha value is -1.72. The molecule has 0 aliphatic carbocycles. The Balaban J connectivity index is 1.58. The highest BCUT2D eigenvalue weighted by molar-refractivity contribution is 7.97. The summed E-state index contributed by atoms with van der Waals surface area (Å²) in [6.45, 7) is 0. The monoisotopic (exact) mass is 316 g/mol. The van der Waals surface area contributed by atoms with Crippen LogP contribution in [-0.4, -0.2) is 9.97 Å². The molecular weight excluding hydrogens is 303 g/mol. The van der Waals surface area contributed by atoms with Crippen LogP contribution in [0.5, 0.6) is 0 Å². The molecule has 0 unspecified atom stereocenters. The first-order valence-corrected chi connectivity index (χ1v) is 8.53. The molecule has 0 N–H and O–H groups in total. The number of thioether (sulfide) groups is 1. The minimum atomic E-state index is -0.181. The lowest BCUT2D eigenvalue weighted by molar-refractivity contribution is 0.626. The van der Waals surface area contributed by atoms with Crippen molar-refractivity contribution in [2.24, 2.45) is 0 Å². The Morgan fingerprint density at radius 3 is 2.86 bits per heavy atom. The van der Waals surface area contributed by atoms with Crippen LogP contribution >= 0.6 is 23.1 Å². The van der Waals surface area contributed by atoms with Crippen molar-refractivity contribution >= 4 is 23.1 Å². The van der Waals surface area contributed by atoms with Gasteiger partial charge in [-0.05, 0) is 29.8 Å². The van der Waals surface area contributed by atoms with E-state index in [1.807, 2.05) is 24.3 Å². The zero-order valence-corrected chi connectivity index (χ0v) is 12.8. The zero-order chi connectivity index (χ0) is 14.5. The molecular formula is C16H13FN2S2. The molecule has 0 bridgehead atoms. The second-order valence-electron chi connectivity index (χ2n) is 4.48. The molecule has 21 heavy (non-hydrogen) atoms. The van der Waals surface area contributed by atoms with E-state index >= 15 is 0 Å². The van der Waals surface area contributed by atoms with E-state index in [9.17, 15) is 4.39 Å². The molecule has 0 spiro atoms. The lowest BCUT2D eigenvalue weighted by Gasteiger charge is -2.00. The first-order valence-electron chi connectivity index (χ1n) is 6.49. The summed E-state index contributed by atoms with van der Waals surface area (Å²) in [7, 11) is 0. The predicted molar refractivity (Wildman–Crippen MR) is 86.7 cm³/mol. The third kappa shape index (κ3) is 3.89.